The van der Waals surface area contributed by atoms with Crippen LogP contribution in [0.5, 0.6) is 0 Å². The van der Waals surface area contributed by atoms with E-state index in [1.54, 1.807) is 0 Å². The lowest BCUT2D eigenvalue weighted by molar-refractivity contribution is -0.130. The fourth-order valence-corrected chi connectivity index (χ4v) is 3.08. The highest BCUT2D eigenvalue weighted by molar-refractivity contribution is 5.77. The summed E-state index contributed by atoms with van der Waals surface area (Å²) < 4.78 is 0. The lowest BCUT2D eigenvalue weighted by Crippen LogP contribution is -2.44. The molecule has 1 aromatic carbocycles. The molecule has 1 aliphatic heterocycles. The van der Waals surface area contributed by atoms with E-state index in [1.807, 2.05) is 4.90 Å². The van der Waals surface area contributed by atoms with Gasteiger partial charge in [-0.15, -0.1) is 0 Å². The fraction of sp³-hybridized carbons (Fsp3) is 0.588. The van der Waals surface area contributed by atoms with Crippen LogP contribution in [0.1, 0.15) is 31.7 Å². The highest BCUT2D eigenvalue weighted by Crippen LogP contribution is 2.20. The first-order valence-electron chi connectivity index (χ1n) is 7.96. The van der Waals surface area contributed by atoms with Gasteiger partial charge in [0.15, 0.2) is 0 Å². The molecule has 1 amide bonds. The third kappa shape index (κ3) is 3.97. The zero-order chi connectivity index (χ0) is 15.2. The van der Waals surface area contributed by atoms with E-state index < -0.39 is 0 Å². The van der Waals surface area contributed by atoms with Crippen LogP contribution in [0.3, 0.4) is 0 Å². The second-order valence-corrected chi connectivity index (χ2v) is 5.81. The molecule has 0 aliphatic carbocycles. The minimum atomic E-state index is 0.0740. The van der Waals surface area contributed by atoms with Crippen molar-refractivity contribution in [2.45, 2.75) is 39.2 Å². The van der Waals surface area contributed by atoms with E-state index >= 15 is 0 Å². The number of rotatable bonds is 6. The van der Waals surface area contributed by atoms with Crippen molar-refractivity contribution in [2.75, 3.05) is 31.1 Å². The second kappa shape index (κ2) is 7.46. The molecule has 1 atom stereocenters. The lowest BCUT2D eigenvalue weighted by Gasteiger charge is -2.33. The minimum Gasteiger partial charge on any atom is -0.367 e. The van der Waals surface area contributed by atoms with Crippen LogP contribution in [0.15, 0.2) is 24.3 Å². The standard InChI is InChI=1S/C17H27N3O/c1-3-20(15-8-6-7-14(2)11-15)16(13-18)12-17(21)19-9-4-5-10-19/h6-8,11,16H,3-5,9-10,12-13,18H2,1-2H3. The summed E-state index contributed by atoms with van der Waals surface area (Å²) in [6, 6.07) is 8.48. The van der Waals surface area contributed by atoms with Crippen LogP contribution in [0.2, 0.25) is 0 Å². The number of carbonyl (C=O) groups excluding carboxylic acids is 1. The van der Waals surface area contributed by atoms with Crippen molar-refractivity contribution >= 4 is 11.6 Å². The highest BCUT2D eigenvalue weighted by atomic mass is 16.2. The van der Waals surface area contributed by atoms with Crippen molar-refractivity contribution in [1.29, 1.82) is 0 Å². The fourth-order valence-electron chi connectivity index (χ4n) is 3.08. The molecular weight excluding hydrogens is 262 g/mol. The molecule has 0 saturated carbocycles. The van der Waals surface area contributed by atoms with E-state index in [4.69, 9.17) is 5.73 Å². The molecule has 1 fully saturated rings. The summed E-state index contributed by atoms with van der Waals surface area (Å²) >= 11 is 0. The normalized spacial score (nSPS) is 16.0. The maximum absolute atomic E-state index is 12.4. The molecule has 1 saturated heterocycles. The van der Waals surface area contributed by atoms with E-state index in [1.165, 1.54) is 5.56 Å². The van der Waals surface area contributed by atoms with Gasteiger partial charge >= 0.3 is 0 Å². The monoisotopic (exact) mass is 289 g/mol. The maximum atomic E-state index is 12.4. The average molecular weight is 289 g/mol. The Morgan fingerprint density at radius 3 is 2.67 bits per heavy atom. The van der Waals surface area contributed by atoms with Gasteiger partial charge in [-0.1, -0.05) is 12.1 Å². The first-order chi connectivity index (χ1) is 10.2. The Kier molecular flexibility index (Phi) is 5.62. The summed E-state index contributed by atoms with van der Waals surface area (Å²) in [6.45, 7) is 7.38. The van der Waals surface area contributed by atoms with E-state index in [2.05, 4.69) is 43.0 Å². The highest BCUT2D eigenvalue weighted by Gasteiger charge is 2.24. The summed E-state index contributed by atoms with van der Waals surface area (Å²) in [7, 11) is 0. The smallest absolute Gasteiger partial charge is 0.224 e. The number of carbonyl (C=O) groups is 1. The van der Waals surface area contributed by atoms with Gasteiger partial charge in [-0.2, -0.15) is 0 Å². The molecule has 2 rings (SSSR count). The maximum Gasteiger partial charge on any atom is 0.224 e. The van der Waals surface area contributed by atoms with Crippen LogP contribution in [-0.4, -0.2) is 43.0 Å². The molecule has 1 heterocycles. The number of nitrogens with two attached hydrogens (primary N) is 1. The summed E-state index contributed by atoms with van der Waals surface area (Å²) in [5.41, 5.74) is 8.34. The molecule has 1 unspecified atom stereocenters. The molecule has 4 heteroatoms. The molecule has 1 aromatic rings. The second-order valence-electron chi connectivity index (χ2n) is 5.81. The van der Waals surface area contributed by atoms with Gasteiger partial charge in [0, 0.05) is 44.3 Å². The third-order valence-corrected chi connectivity index (χ3v) is 4.26. The number of hydrogen-bond donors (Lipinski definition) is 1. The molecule has 21 heavy (non-hydrogen) atoms. The van der Waals surface area contributed by atoms with E-state index in [0.717, 1.165) is 38.2 Å². The Labute approximate surface area is 127 Å². The van der Waals surface area contributed by atoms with Crippen molar-refractivity contribution in [3.05, 3.63) is 29.8 Å². The molecule has 0 aromatic heterocycles. The summed E-state index contributed by atoms with van der Waals surface area (Å²) in [5, 5.41) is 0. The van der Waals surface area contributed by atoms with Crippen molar-refractivity contribution in [2.24, 2.45) is 5.73 Å². The molecule has 1 aliphatic rings. The van der Waals surface area contributed by atoms with Gasteiger partial charge < -0.3 is 15.5 Å². The predicted octanol–water partition coefficient (Wildman–Crippen LogP) is 2.16. The predicted molar refractivity (Wildman–Crippen MR) is 87.5 cm³/mol. The molecule has 0 bridgehead atoms. The first-order valence-corrected chi connectivity index (χ1v) is 7.96. The molecule has 4 nitrogen and oxygen atoms in total. The average Bonchev–Trinajstić information content (AvgIpc) is 3.01. The SMILES string of the molecule is CCN(c1cccc(C)c1)C(CN)CC(=O)N1CCCC1. The van der Waals surface area contributed by atoms with Crippen LogP contribution in [0.25, 0.3) is 0 Å². The van der Waals surface area contributed by atoms with Gasteiger partial charge in [0.05, 0.1) is 0 Å². The van der Waals surface area contributed by atoms with Crippen molar-refractivity contribution in [1.82, 2.24) is 4.90 Å². The summed E-state index contributed by atoms with van der Waals surface area (Å²) in [5.74, 6) is 0.244. The van der Waals surface area contributed by atoms with Gasteiger partial charge in [-0.05, 0) is 44.4 Å². The van der Waals surface area contributed by atoms with Gasteiger partial charge in [0.2, 0.25) is 5.91 Å². The molecule has 0 spiro atoms. The van der Waals surface area contributed by atoms with Gasteiger partial charge in [0.25, 0.3) is 0 Å². The quantitative estimate of drug-likeness (QED) is 0.873. The zero-order valence-corrected chi connectivity index (χ0v) is 13.2. The zero-order valence-electron chi connectivity index (χ0n) is 13.2. The van der Waals surface area contributed by atoms with Crippen LogP contribution in [0.4, 0.5) is 5.69 Å². The van der Waals surface area contributed by atoms with Crippen LogP contribution in [-0.2, 0) is 4.79 Å². The number of anilines is 1. The van der Waals surface area contributed by atoms with Crippen LogP contribution >= 0.6 is 0 Å². The van der Waals surface area contributed by atoms with E-state index in [9.17, 15) is 4.79 Å². The third-order valence-electron chi connectivity index (χ3n) is 4.26. The Morgan fingerprint density at radius 2 is 2.10 bits per heavy atom. The number of likely N-dealkylation sites (tertiary alicyclic amines) is 1. The van der Waals surface area contributed by atoms with Crippen LogP contribution in [0, 0.1) is 6.92 Å². The first kappa shape index (κ1) is 15.8. The summed E-state index contributed by atoms with van der Waals surface area (Å²) in [4.78, 5) is 16.6. The Bertz CT molecular complexity index is 469. The van der Waals surface area contributed by atoms with Crippen molar-refractivity contribution in [3.8, 4) is 0 Å². The van der Waals surface area contributed by atoms with E-state index in [-0.39, 0.29) is 11.9 Å². The van der Waals surface area contributed by atoms with Crippen LogP contribution < -0.4 is 10.6 Å². The number of hydrogen-bond acceptors (Lipinski definition) is 3. The molecule has 2 N–H and O–H groups in total. The largest absolute Gasteiger partial charge is 0.367 e. The van der Waals surface area contributed by atoms with Gasteiger partial charge in [-0.25, -0.2) is 0 Å². The number of nitrogens with zero attached hydrogens (tertiary/aromatic N) is 2. The Morgan fingerprint density at radius 1 is 1.38 bits per heavy atom. The molecule has 116 valence electrons. The van der Waals surface area contributed by atoms with E-state index in [0.29, 0.717) is 13.0 Å². The van der Waals surface area contributed by atoms with Gasteiger partial charge in [0.1, 0.15) is 0 Å². The Hall–Kier alpha value is -1.55. The number of aryl methyl sites for hydroxylation is 1. The van der Waals surface area contributed by atoms with Crippen molar-refractivity contribution < 1.29 is 4.79 Å². The van der Waals surface area contributed by atoms with Crippen molar-refractivity contribution in [3.63, 3.8) is 0 Å². The lowest BCUT2D eigenvalue weighted by atomic mass is 10.1. The van der Waals surface area contributed by atoms with Gasteiger partial charge in [-0.3, -0.25) is 4.79 Å². The Balaban J connectivity index is 2.08. The molecular formula is C17H27N3O. The summed E-state index contributed by atoms with van der Waals surface area (Å²) in [6.07, 6.45) is 2.78. The number of benzene rings is 1. The topological polar surface area (TPSA) is 49.6 Å². The number of amides is 1. The minimum absolute atomic E-state index is 0.0740. The number of likely N-dealkylation sites (N-methyl/N-ethyl adjacent to an activating group) is 1. The molecule has 0 radical (unpaired) electrons.